The van der Waals surface area contributed by atoms with E-state index in [9.17, 15) is 39.6 Å². The fourth-order valence-electron chi connectivity index (χ4n) is 9.45. The zero-order chi connectivity index (χ0) is 43.5. The molecule has 1 saturated heterocycles. The maximum atomic E-state index is 15.0. The van der Waals surface area contributed by atoms with Gasteiger partial charge in [0.1, 0.15) is 41.7 Å². The molecule has 59 heavy (non-hydrogen) atoms. The summed E-state index contributed by atoms with van der Waals surface area (Å²) in [7, 11) is 0. The van der Waals surface area contributed by atoms with Crippen molar-refractivity contribution in [3.63, 3.8) is 0 Å². The molecule has 6 rings (SSSR count). The largest absolute Gasteiger partial charge is 0.456 e. The van der Waals surface area contributed by atoms with Crippen LogP contribution in [0.25, 0.3) is 0 Å². The number of hydrogen-bond donors (Lipinski definition) is 5. The summed E-state index contributed by atoms with van der Waals surface area (Å²) in [6.45, 7) is 12.2. The fourth-order valence-corrected chi connectivity index (χ4v) is 9.45. The highest BCUT2D eigenvalue weighted by Gasteiger charge is 2.78. The molecular formula is C44H53NO14. The Labute approximate surface area is 342 Å². The van der Waals surface area contributed by atoms with Crippen LogP contribution < -0.4 is 5.32 Å². The van der Waals surface area contributed by atoms with E-state index in [0.717, 1.165) is 0 Å². The molecule has 0 aromatic heterocycles. The number of Topliss-reactive ketones (excluding diaryl/α,β-unsaturated/α-hetero) is 1. The van der Waals surface area contributed by atoms with Crippen LogP contribution in [0.1, 0.15) is 85.0 Å². The highest BCUT2D eigenvalue weighted by atomic mass is 16.6. The Morgan fingerprint density at radius 1 is 1.07 bits per heavy atom. The Balaban J connectivity index is 1.49. The number of fused-ring (bicyclic) bond motifs is 5. The molecule has 1 aliphatic heterocycles. The molecule has 0 unspecified atom stereocenters. The van der Waals surface area contributed by atoms with Gasteiger partial charge in [0.25, 0.3) is 0 Å². The van der Waals surface area contributed by atoms with Crippen molar-refractivity contribution in [3.8, 4) is 0 Å². The first-order chi connectivity index (χ1) is 27.5. The first-order valence-corrected chi connectivity index (χ1v) is 19.7. The zero-order valence-corrected chi connectivity index (χ0v) is 34.4. The van der Waals surface area contributed by atoms with Crippen LogP contribution in [0.5, 0.6) is 0 Å². The van der Waals surface area contributed by atoms with Crippen LogP contribution >= 0.6 is 0 Å². The van der Waals surface area contributed by atoms with Gasteiger partial charge in [-0.25, -0.2) is 14.4 Å². The van der Waals surface area contributed by atoms with Crippen molar-refractivity contribution in [2.45, 2.75) is 134 Å². The molecule has 15 heteroatoms. The number of esters is 3. The number of aliphatic hydroxyl groups is 4. The van der Waals surface area contributed by atoms with Gasteiger partial charge in [-0.15, -0.1) is 0 Å². The summed E-state index contributed by atoms with van der Waals surface area (Å²) < 4.78 is 29.7. The molecule has 0 spiro atoms. The highest BCUT2D eigenvalue weighted by molar-refractivity contribution is 5.94. The monoisotopic (exact) mass is 819 g/mol. The van der Waals surface area contributed by atoms with Gasteiger partial charge in [0, 0.05) is 30.3 Å². The number of ether oxygens (including phenoxy) is 5. The van der Waals surface area contributed by atoms with E-state index in [1.165, 1.54) is 38.1 Å². The van der Waals surface area contributed by atoms with Crippen molar-refractivity contribution in [2.75, 3.05) is 6.61 Å². The number of carbonyl (C=O) groups is 5. The van der Waals surface area contributed by atoms with Crippen molar-refractivity contribution >= 4 is 29.8 Å². The fraction of sp³-hybridized carbons (Fsp3) is 0.568. The molecule has 1 aromatic rings. The van der Waals surface area contributed by atoms with Gasteiger partial charge >= 0.3 is 24.0 Å². The van der Waals surface area contributed by atoms with Gasteiger partial charge in [0.2, 0.25) is 0 Å². The summed E-state index contributed by atoms with van der Waals surface area (Å²) in [4.78, 5) is 69.4. The molecule has 11 atom stereocenters. The second-order valence-electron chi connectivity index (χ2n) is 17.6. The second-order valence-corrected chi connectivity index (χ2v) is 17.6. The quantitative estimate of drug-likeness (QED) is 0.105. The standard InChI is InChI=1S/C44H53NO14/c1-9-29(47)58-43-22-55-28(43)20-27(46)42(8)34(43)36(57-37(51)25-18-14-11-15-19-25)44(54)21-26(23(2)30(41(44,6)7)32(48)35(42)50)56-38(52)33(49)31(24-16-12-10-13-17-24)45-39(53)59-40(3,4)5/h10-12,14-16,18-19,26-28,31-34,36,46,48-49,54H,9,20-22H2,1-8H3,(H,45,53)/t26-,27-,28+,31-,32+,33+,34-,36-,42+,43-,44+/m0/s1. The van der Waals surface area contributed by atoms with Crippen molar-refractivity contribution < 1.29 is 68.1 Å². The predicted octanol–water partition coefficient (Wildman–Crippen LogP) is 3.08. The minimum Gasteiger partial charge on any atom is -0.456 e. The van der Waals surface area contributed by atoms with Crippen molar-refractivity contribution in [3.05, 3.63) is 82.3 Å². The average molecular weight is 820 g/mol. The normalized spacial score (nSPS) is 34.0. The van der Waals surface area contributed by atoms with Crippen LogP contribution in [0.15, 0.2) is 76.7 Å². The Hall–Kier alpha value is -4.85. The summed E-state index contributed by atoms with van der Waals surface area (Å²) in [6, 6.07) is 6.39. The summed E-state index contributed by atoms with van der Waals surface area (Å²) in [6.07, 6.45) is -7.14. The first kappa shape index (κ1) is 43.7. The maximum absolute atomic E-state index is 15.0. The van der Waals surface area contributed by atoms with Crippen LogP contribution in [-0.2, 0) is 38.1 Å². The van der Waals surface area contributed by atoms with Gasteiger partial charge in [-0.05, 0) is 70.0 Å². The lowest BCUT2D eigenvalue weighted by molar-refractivity contribution is -0.346. The molecule has 0 radical (unpaired) electrons. The van der Waals surface area contributed by atoms with Crippen LogP contribution in [0.4, 0.5) is 4.79 Å². The lowest BCUT2D eigenvalue weighted by Crippen LogP contribution is -2.81. The molecule has 5 N–H and O–H groups in total. The van der Waals surface area contributed by atoms with Crippen LogP contribution in [0.2, 0.25) is 0 Å². The first-order valence-electron chi connectivity index (χ1n) is 19.7. The molecule has 5 aliphatic rings. The van der Waals surface area contributed by atoms with E-state index < -0.39 is 112 Å². The number of allylic oxidation sites excluding steroid dienone is 2. The number of carbonyl (C=O) groups excluding carboxylic acids is 5. The third-order valence-corrected chi connectivity index (χ3v) is 12.7. The molecule has 4 aliphatic carbocycles. The number of amides is 1. The van der Waals surface area contributed by atoms with Crippen molar-refractivity contribution in [1.82, 2.24) is 5.32 Å². The minimum absolute atomic E-state index is 0.0721. The van der Waals surface area contributed by atoms with Gasteiger partial charge in [0.15, 0.2) is 17.5 Å². The SMILES string of the molecule is CCC(=O)O[C@@]12CO[C@@H]1C[C@H](O)[C@@]1(C)C(=O)[C@H](O)C3=C(C)[C@@H](OC(=O)[C@H](O)[C@@H](NC(=O)OC(C)(C)C)C4=C=C=CC=C4)C[C@@](O)([C@@H](OC(=O)c4ccccc4)[C@H]21)C3(C)C. The molecule has 3 fully saturated rings. The molecule has 318 valence electrons. The number of aliphatic hydroxyl groups excluding tert-OH is 3. The minimum atomic E-state index is -2.37. The Morgan fingerprint density at radius 2 is 1.75 bits per heavy atom. The van der Waals surface area contributed by atoms with E-state index in [-0.39, 0.29) is 41.7 Å². The van der Waals surface area contributed by atoms with Crippen LogP contribution in [0, 0.1) is 16.7 Å². The summed E-state index contributed by atoms with van der Waals surface area (Å²) >= 11 is 0. The summed E-state index contributed by atoms with van der Waals surface area (Å²) in [5.74, 6) is -5.32. The number of rotatable bonds is 9. The van der Waals surface area contributed by atoms with Gasteiger partial charge in [-0.2, -0.15) is 0 Å². The summed E-state index contributed by atoms with van der Waals surface area (Å²) in [5, 5.41) is 51.6. The van der Waals surface area contributed by atoms with E-state index >= 15 is 4.79 Å². The predicted molar refractivity (Wildman–Crippen MR) is 207 cm³/mol. The van der Waals surface area contributed by atoms with Gasteiger partial charge in [-0.1, -0.05) is 56.5 Å². The number of benzene rings is 1. The topological polar surface area (TPSA) is 224 Å². The lowest BCUT2D eigenvalue weighted by Gasteiger charge is -2.67. The maximum Gasteiger partial charge on any atom is 0.408 e. The van der Waals surface area contributed by atoms with E-state index in [1.807, 2.05) is 0 Å². The molecule has 1 aromatic carbocycles. The van der Waals surface area contributed by atoms with Gasteiger partial charge in [0.05, 0.1) is 29.6 Å². The molecule has 2 saturated carbocycles. The smallest absolute Gasteiger partial charge is 0.408 e. The summed E-state index contributed by atoms with van der Waals surface area (Å²) in [5.41, 5.74) is -2.91. The molecular weight excluding hydrogens is 766 g/mol. The Bertz CT molecular complexity index is 2070. The third-order valence-electron chi connectivity index (χ3n) is 12.7. The molecule has 1 heterocycles. The Morgan fingerprint density at radius 3 is 2.32 bits per heavy atom. The zero-order valence-electron chi connectivity index (χ0n) is 34.4. The van der Waals surface area contributed by atoms with Gasteiger partial charge in [-0.3, -0.25) is 9.59 Å². The van der Waals surface area contributed by atoms with Crippen molar-refractivity contribution in [1.29, 1.82) is 0 Å². The number of alkyl carbamates (subject to hydrolysis) is 1. The highest BCUT2D eigenvalue weighted by Crippen LogP contribution is 2.64. The third kappa shape index (κ3) is 7.39. The van der Waals surface area contributed by atoms with Crippen molar-refractivity contribution in [2.24, 2.45) is 16.7 Å². The number of ketones is 1. The van der Waals surface area contributed by atoms with Crippen LogP contribution in [-0.4, -0.2) is 116 Å². The van der Waals surface area contributed by atoms with E-state index in [4.69, 9.17) is 23.7 Å². The van der Waals surface area contributed by atoms with Crippen LogP contribution in [0.3, 0.4) is 0 Å². The van der Waals surface area contributed by atoms with E-state index in [2.05, 4.69) is 16.8 Å². The molecule has 2 bridgehead atoms. The van der Waals surface area contributed by atoms with Gasteiger partial charge < -0.3 is 49.4 Å². The molecule has 1 amide bonds. The number of hydrogen-bond acceptors (Lipinski definition) is 14. The molecule has 15 nitrogen and oxygen atoms in total. The Kier molecular flexibility index (Phi) is 11.6. The lowest BCUT2D eigenvalue weighted by atomic mass is 9.44. The average Bonchev–Trinajstić information content (AvgIpc) is 3.17. The van der Waals surface area contributed by atoms with E-state index in [0.29, 0.717) is 0 Å². The number of nitrogens with one attached hydrogen (secondary N) is 1. The second kappa shape index (κ2) is 15.6. The van der Waals surface area contributed by atoms with E-state index in [1.54, 1.807) is 65.8 Å².